The van der Waals surface area contributed by atoms with Crippen LogP contribution in [0.4, 0.5) is 20.2 Å². The second-order valence-electron chi connectivity index (χ2n) is 6.72. The summed E-state index contributed by atoms with van der Waals surface area (Å²) in [5.74, 6) is -1.60. The molecule has 150 valence electrons. The summed E-state index contributed by atoms with van der Waals surface area (Å²) in [6, 6.07) is 8.91. The van der Waals surface area contributed by atoms with Crippen LogP contribution in [0.5, 0.6) is 0 Å². The average molecular weight is 398 g/mol. The van der Waals surface area contributed by atoms with Crippen LogP contribution >= 0.6 is 0 Å². The van der Waals surface area contributed by atoms with Crippen LogP contribution in [0.1, 0.15) is 34.6 Å². The maximum atomic E-state index is 13.2. The minimum Gasteiger partial charge on any atom is -0.324 e. The molecule has 3 aromatic rings. The van der Waals surface area contributed by atoms with E-state index in [0.717, 1.165) is 0 Å². The van der Waals surface area contributed by atoms with E-state index >= 15 is 0 Å². The molecular formula is C21H20F2N4O2. The van der Waals surface area contributed by atoms with Crippen LogP contribution in [0.25, 0.3) is 0 Å². The van der Waals surface area contributed by atoms with Crippen molar-refractivity contribution in [1.82, 2.24) is 9.78 Å². The molecule has 2 amide bonds. The molecule has 1 aromatic heterocycles. The highest BCUT2D eigenvalue weighted by Gasteiger charge is 2.19. The summed E-state index contributed by atoms with van der Waals surface area (Å²) in [7, 11) is 0. The molecule has 0 saturated carbocycles. The lowest BCUT2D eigenvalue weighted by Gasteiger charge is -2.14. The van der Waals surface area contributed by atoms with Crippen LogP contribution in [0, 0.1) is 25.5 Å². The summed E-state index contributed by atoms with van der Waals surface area (Å²) in [6.45, 7) is 5.01. The van der Waals surface area contributed by atoms with Crippen LogP contribution < -0.4 is 10.6 Å². The molecule has 0 fully saturated rings. The molecule has 0 aliphatic carbocycles. The topological polar surface area (TPSA) is 76.0 Å². The molecule has 6 nitrogen and oxygen atoms in total. The van der Waals surface area contributed by atoms with Gasteiger partial charge in [-0.3, -0.25) is 14.3 Å². The fourth-order valence-electron chi connectivity index (χ4n) is 2.75. The molecule has 0 aliphatic heterocycles. The van der Waals surface area contributed by atoms with Gasteiger partial charge in [-0.15, -0.1) is 0 Å². The standard InChI is InChI=1S/C21H20F2N4O2/c1-12-10-15(22)4-6-17(12)24-20(28)14(3)27-9-8-19(26-27)21(29)25-18-7-5-16(23)11-13(18)2/h4-11,14H,1-3H3,(H,24,28)(H,25,29)/t14-/m0/s1. The molecule has 0 radical (unpaired) electrons. The van der Waals surface area contributed by atoms with E-state index in [1.807, 2.05) is 0 Å². The summed E-state index contributed by atoms with van der Waals surface area (Å²) in [4.78, 5) is 24.9. The number of carbonyl (C=O) groups is 2. The van der Waals surface area contributed by atoms with Crippen LogP contribution in [-0.4, -0.2) is 21.6 Å². The van der Waals surface area contributed by atoms with Gasteiger partial charge < -0.3 is 10.6 Å². The molecule has 3 rings (SSSR count). The predicted molar refractivity (Wildman–Crippen MR) is 106 cm³/mol. The summed E-state index contributed by atoms with van der Waals surface area (Å²) in [6.07, 6.45) is 1.52. The van der Waals surface area contributed by atoms with Crippen molar-refractivity contribution in [2.45, 2.75) is 26.8 Å². The summed E-state index contributed by atoms with van der Waals surface area (Å²) < 4.78 is 27.8. The molecule has 0 bridgehead atoms. The highest BCUT2D eigenvalue weighted by Crippen LogP contribution is 2.19. The van der Waals surface area contributed by atoms with Gasteiger partial charge in [0.25, 0.3) is 5.91 Å². The van der Waals surface area contributed by atoms with E-state index in [2.05, 4.69) is 15.7 Å². The number of rotatable bonds is 5. The molecule has 0 aliphatic rings. The predicted octanol–water partition coefficient (Wildman–Crippen LogP) is 4.23. The first-order valence-corrected chi connectivity index (χ1v) is 8.94. The van der Waals surface area contributed by atoms with Crippen LogP contribution in [-0.2, 0) is 4.79 Å². The quantitative estimate of drug-likeness (QED) is 0.675. The average Bonchev–Trinajstić information content (AvgIpc) is 3.16. The Bertz CT molecular complexity index is 1080. The Morgan fingerprint density at radius 2 is 1.48 bits per heavy atom. The first-order chi connectivity index (χ1) is 13.7. The second-order valence-corrected chi connectivity index (χ2v) is 6.72. The maximum Gasteiger partial charge on any atom is 0.276 e. The number of nitrogens with zero attached hydrogens (tertiary/aromatic N) is 2. The van der Waals surface area contributed by atoms with Crippen LogP contribution in [0.2, 0.25) is 0 Å². The Morgan fingerprint density at radius 3 is 2.03 bits per heavy atom. The number of hydrogen-bond acceptors (Lipinski definition) is 3. The monoisotopic (exact) mass is 398 g/mol. The molecule has 0 spiro atoms. The normalized spacial score (nSPS) is 11.8. The van der Waals surface area contributed by atoms with Crippen molar-refractivity contribution in [2.24, 2.45) is 0 Å². The van der Waals surface area contributed by atoms with Gasteiger partial charge in [0.1, 0.15) is 17.7 Å². The summed E-state index contributed by atoms with van der Waals surface area (Å²) in [5.41, 5.74) is 2.27. The number of nitrogens with one attached hydrogen (secondary N) is 2. The first kappa shape index (κ1) is 20.2. The van der Waals surface area contributed by atoms with Gasteiger partial charge in [0.05, 0.1) is 0 Å². The summed E-state index contributed by atoms with van der Waals surface area (Å²) >= 11 is 0. The van der Waals surface area contributed by atoms with Gasteiger partial charge in [-0.05, 0) is 74.4 Å². The number of anilines is 2. The van der Waals surface area contributed by atoms with Crippen molar-refractivity contribution in [2.75, 3.05) is 10.6 Å². The van der Waals surface area contributed by atoms with Gasteiger partial charge in [0.15, 0.2) is 5.69 Å². The number of amides is 2. The van der Waals surface area contributed by atoms with Gasteiger partial charge in [-0.2, -0.15) is 5.10 Å². The molecule has 8 heteroatoms. The number of halogens is 2. The Balaban J connectivity index is 1.69. The van der Waals surface area contributed by atoms with Gasteiger partial charge >= 0.3 is 0 Å². The maximum absolute atomic E-state index is 13.2. The highest BCUT2D eigenvalue weighted by atomic mass is 19.1. The highest BCUT2D eigenvalue weighted by molar-refractivity contribution is 6.03. The first-order valence-electron chi connectivity index (χ1n) is 8.94. The lowest BCUT2D eigenvalue weighted by molar-refractivity contribution is -0.119. The minimum atomic E-state index is -0.700. The van der Waals surface area contributed by atoms with E-state index in [4.69, 9.17) is 0 Å². The lowest BCUT2D eigenvalue weighted by atomic mass is 10.2. The molecule has 2 aromatic carbocycles. The smallest absolute Gasteiger partial charge is 0.276 e. The van der Waals surface area contributed by atoms with Crippen LogP contribution in [0.15, 0.2) is 48.7 Å². The Kier molecular flexibility index (Phi) is 5.72. The van der Waals surface area contributed by atoms with Crippen molar-refractivity contribution >= 4 is 23.2 Å². The zero-order valence-corrected chi connectivity index (χ0v) is 16.2. The molecule has 1 heterocycles. The van der Waals surface area contributed by atoms with Gasteiger partial charge in [-0.1, -0.05) is 0 Å². The van der Waals surface area contributed by atoms with Crippen molar-refractivity contribution < 1.29 is 18.4 Å². The van der Waals surface area contributed by atoms with Gasteiger partial charge in [0, 0.05) is 17.6 Å². The number of hydrogen-bond donors (Lipinski definition) is 2. The third-order valence-corrected chi connectivity index (χ3v) is 4.50. The SMILES string of the molecule is Cc1cc(F)ccc1NC(=O)c1ccn([C@@H](C)C(=O)Nc2ccc(F)cc2C)n1. The number of benzene rings is 2. The third-order valence-electron chi connectivity index (χ3n) is 4.50. The largest absolute Gasteiger partial charge is 0.324 e. The number of aryl methyl sites for hydroxylation is 2. The molecular weight excluding hydrogens is 378 g/mol. The van der Waals surface area contributed by atoms with Gasteiger partial charge in [-0.25, -0.2) is 8.78 Å². The third kappa shape index (κ3) is 4.66. The summed E-state index contributed by atoms with van der Waals surface area (Å²) in [5, 5.41) is 9.56. The zero-order chi connectivity index (χ0) is 21.1. The van der Waals surface area contributed by atoms with E-state index in [1.165, 1.54) is 53.3 Å². The van der Waals surface area contributed by atoms with E-state index in [1.54, 1.807) is 20.8 Å². The van der Waals surface area contributed by atoms with Gasteiger partial charge in [0.2, 0.25) is 5.91 Å². The van der Waals surface area contributed by atoms with Crippen molar-refractivity contribution in [3.8, 4) is 0 Å². The van der Waals surface area contributed by atoms with E-state index in [0.29, 0.717) is 22.5 Å². The lowest BCUT2D eigenvalue weighted by Crippen LogP contribution is -2.25. The van der Waals surface area contributed by atoms with Crippen molar-refractivity contribution in [3.05, 3.63) is 77.1 Å². The van der Waals surface area contributed by atoms with Crippen molar-refractivity contribution in [3.63, 3.8) is 0 Å². The molecule has 1 atom stereocenters. The van der Waals surface area contributed by atoms with E-state index < -0.39 is 11.9 Å². The Labute approximate surface area is 166 Å². The number of carbonyl (C=O) groups excluding carboxylic acids is 2. The molecule has 0 saturated heterocycles. The Hall–Kier alpha value is -3.55. The fraction of sp³-hybridized carbons (Fsp3) is 0.190. The number of aromatic nitrogens is 2. The molecule has 0 unspecified atom stereocenters. The Morgan fingerprint density at radius 1 is 0.931 bits per heavy atom. The van der Waals surface area contributed by atoms with E-state index in [-0.39, 0.29) is 23.2 Å². The molecule has 29 heavy (non-hydrogen) atoms. The van der Waals surface area contributed by atoms with Crippen molar-refractivity contribution in [1.29, 1.82) is 0 Å². The van der Waals surface area contributed by atoms with Crippen LogP contribution in [0.3, 0.4) is 0 Å². The second kappa shape index (κ2) is 8.22. The minimum absolute atomic E-state index is 0.117. The van der Waals surface area contributed by atoms with E-state index in [9.17, 15) is 18.4 Å². The zero-order valence-electron chi connectivity index (χ0n) is 16.2. The molecule has 2 N–H and O–H groups in total. The fourth-order valence-corrected chi connectivity index (χ4v) is 2.75.